The molecular weight excluding hydrogens is 308 g/mol. The molecule has 21 heavy (non-hydrogen) atoms. The first-order valence-electron chi connectivity index (χ1n) is 5.49. The number of non-ortho nitro benzene ring substituents is 1. The molecule has 108 valence electrons. The van der Waals surface area contributed by atoms with Crippen molar-refractivity contribution in [2.45, 2.75) is 0 Å². The van der Waals surface area contributed by atoms with E-state index in [1.54, 1.807) is 0 Å². The van der Waals surface area contributed by atoms with Gasteiger partial charge in [-0.2, -0.15) is 0 Å². The van der Waals surface area contributed by atoms with Crippen LogP contribution in [-0.2, 0) is 0 Å². The van der Waals surface area contributed by atoms with Crippen molar-refractivity contribution in [1.82, 2.24) is 0 Å². The van der Waals surface area contributed by atoms with Crippen LogP contribution in [0.5, 0.6) is 5.75 Å². The predicted octanol–water partition coefficient (Wildman–Crippen LogP) is 3.75. The standard InChI is InChI=1S/C13H6ClF2NO4/c14-10-6-8(17(19)20)2-4-12(10)21-13(18)9-3-1-7(15)5-11(9)16/h1-6H. The zero-order chi connectivity index (χ0) is 15.6. The van der Waals surface area contributed by atoms with Gasteiger partial charge in [-0.1, -0.05) is 11.6 Å². The van der Waals surface area contributed by atoms with E-state index in [1.807, 2.05) is 0 Å². The second-order valence-corrected chi connectivity index (χ2v) is 4.29. The summed E-state index contributed by atoms with van der Waals surface area (Å²) < 4.78 is 31.0. The van der Waals surface area contributed by atoms with Gasteiger partial charge in [0.15, 0.2) is 0 Å². The molecule has 2 aromatic carbocycles. The molecule has 0 aliphatic carbocycles. The molecule has 0 heterocycles. The van der Waals surface area contributed by atoms with Gasteiger partial charge in [-0.25, -0.2) is 13.6 Å². The number of carbonyl (C=O) groups excluding carboxylic acids is 1. The molecule has 0 aromatic heterocycles. The fourth-order valence-corrected chi connectivity index (χ4v) is 1.71. The molecule has 0 aliphatic heterocycles. The summed E-state index contributed by atoms with van der Waals surface area (Å²) in [6.45, 7) is 0. The minimum absolute atomic E-state index is 0.170. The molecule has 0 radical (unpaired) electrons. The van der Waals surface area contributed by atoms with Crippen LogP contribution in [0.2, 0.25) is 5.02 Å². The van der Waals surface area contributed by atoms with Crippen molar-refractivity contribution in [2.75, 3.05) is 0 Å². The summed E-state index contributed by atoms with van der Waals surface area (Å²) in [6, 6.07) is 5.54. The Morgan fingerprint density at radius 1 is 1.19 bits per heavy atom. The van der Waals surface area contributed by atoms with Crippen molar-refractivity contribution in [3.63, 3.8) is 0 Å². The van der Waals surface area contributed by atoms with Crippen LogP contribution >= 0.6 is 11.6 Å². The highest BCUT2D eigenvalue weighted by atomic mass is 35.5. The third-order valence-corrected chi connectivity index (χ3v) is 2.78. The third kappa shape index (κ3) is 3.32. The predicted molar refractivity (Wildman–Crippen MR) is 69.4 cm³/mol. The molecule has 8 heteroatoms. The maximum Gasteiger partial charge on any atom is 0.346 e. The molecule has 5 nitrogen and oxygen atoms in total. The van der Waals surface area contributed by atoms with Gasteiger partial charge in [0.1, 0.15) is 17.4 Å². The number of ether oxygens (including phenoxy) is 1. The van der Waals surface area contributed by atoms with E-state index in [4.69, 9.17) is 16.3 Å². The molecular formula is C13H6ClF2NO4. The first kappa shape index (κ1) is 14.9. The Bertz CT molecular complexity index is 736. The normalized spacial score (nSPS) is 10.2. The van der Waals surface area contributed by atoms with Crippen molar-refractivity contribution in [2.24, 2.45) is 0 Å². The largest absolute Gasteiger partial charge is 0.421 e. The second kappa shape index (κ2) is 5.84. The highest BCUT2D eigenvalue weighted by Gasteiger charge is 2.17. The van der Waals surface area contributed by atoms with E-state index < -0.39 is 28.1 Å². The second-order valence-electron chi connectivity index (χ2n) is 3.89. The Kier molecular flexibility index (Phi) is 4.13. The minimum atomic E-state index is -1.09. The van der Waals surface area contributed by atoms with Gasteiger partial charge in [0.2, 0.25) is 0 Å². The Hall–Kier alpha value is -2.54. The van der Waals surface area contributed by atoms with E-state index in [1.165, 1.54) is 0 Å². The highest BCUT2D eigenvalue weighted by molar-refractivity contribution is 6.32. The summed E-state index contributed by atoms with van der Waals surface area (Å²) in [5.41, 5.74) is -0.765. The molecule has 0 aliphatic rings. The lowest BCUT2D eigenvalue weighted by atomic mass is 10.2. The third-order valence-electron chi connectivity index (χ3n) is 2.48. The number of hydrogen-bond donors (Lipinski definition) is 0. The number of nitro groups is 1. The number of esters is 1. The molecule has 2 aromatic rings. The molecule has 0 atom stereocenters. The average Bonchev–Trinajstić information content (AvgIpc) is 2.40. The van der Waals surface area contributed by atoms with E-state index >= 15 is 0 Å². The molecule has 0 bridgehead atoms. The van der Waals surface area contributed by atoms with Crippen LogP contribution in [0, 0.1) is 21.7 Å². The number of hydrogen-bond acceptors (Lipinski definition) is 4. The first-order chi connectivity index (χ1) is 9.88. The number of carbonyl (C=O) groups is 1. The summed E-state index contributed by atoms with van der Waals surface area (Å²) in [4.78, 5) is 21.6. The van der Waals surface area contributed by atoms with Crippen molar-refractivity contribution < 1.29 is 23.2 Å². The van der Waals surface area contributed by atoms with Crippen LogP contribution in [0.25, 0.3) is 0 Å². The van der Waals surface area contributed by atoms with E-state index in [0.717, 1.165) is 30.3 Å². The Balaban J connectivity index is 2.25. The van der Waals surface area contributed by atoms with E-state index in [-0.39, 0.29) is 16.5 Å². The highest BCUT2D eigenvalue weighted by Crippen LogP contribution is 2.29. The van der Waals surface area contributed by atoms with Crippen LogP contribution in [-0.4, -0.2) is 10.9 Å². The van der Waals surface area contributed by atoms with E-state index in [0.29, 0.717) is 6.07 Å². The van der Waals surface area contributed by atoms with Gasteiger partial charge in [-0.05, 0) is 18.2 Å². The van der Waals surface area contributed by atoms with Crippen molar-refractivity contribution in [3.8, 4) is 5.75 Å². The number of rotatable bonds is 3. The van der Waals surface area contributed by atoms with Crippen LogP contribution < -0.4 is 4.74 Å². The van der Waals surface area contributed by atoms with Gasteiger partial charge in [0, 0.05) is 18.2 Å². The number of halogens is 3. The van der Waals surface area contributed by atoms with Gasteiger partial charge in [0.05, 0.1) is 15.5 Å². The summed E-state index contributed by atoms with van der Waals surface area (Å²) in [7, 11) is 0. The van der Waals surface area contributed by atoms with Crippen molar-refractivity contribution in [1.29, 1.82) is 0 Å². The topological polar surface area (TPSA) is 69.4 Å². The van der Waals surface area contributed by atoms with E-state index in [2.05, 4.69) is 0 Å². The maximum atomic E-state index is 13.4. The summed E-state index contributed by atoms with van der Waals surface area (Å²) in [5, 5.41) is 10.4. The first-order valence-corrected chi connectivity index (χ1v) is 5.87. The lowest BCUT2D eigenvalue weighted by Crippen LogP contribution is -2.11. The number of nitro benzene ring substituents is 1. The SMILES string of the molecule is O=C(Oc1ccc([N+](=O)[O-])cc1Cl)c1ccc(F)cc1F. The smallest absolute Gasteiger partial charge is 0.346 e. The molecule has 0 amide bonds. The van der Waals surface area contributed by atoms with Gasteiger partial charge in [-0.3, -0.25) is 10.1 Å². The quantitative estimate of drug-likeness (QED) is 0.374. The van der Waals surface area contributed by atoms with E-state index in [9.17, 15) is 23.7 Å². The lowest BCUT2D eigenvalue weighted by molar-refractivity contribution is -0.384. The lowest BCUT2D eigenvalue weighted by Gasteiger charge is -2.06. The molecule has 0 fully saturated rings. The zero-order valence-electron chi connectivity index (χ0n) is 10.2. The van der Waals surface area contributed by atoms with Gasteiger partial charge in [-0.15, -0.1) is 0 Å². The fraction of sp³-hybridized carbons (Fsp3) is 0. The van der Waals surface area contributed by atoms with Gasteiger partial charge < -0.3 is 4.74 Å². The molecule has 0 unspecified atom stereocenters. The zero-order valence-corrected chi connectivity index (χ0v) is 10.9. The average molecular weight is 314 g/mol. The Morgan fingerprint density at radius 2 is 1.90 bits per heavy atom. The van der Waals surface area contributed by atoms with Crippen LogP contribution in [0.4, 0.5) is 14.5 Å². The summed E-state index contributed by atoms with van der Waals surface area (Å²) in [6.07, 6.45) is 0. The van der Waals surface area contributed by atoms with Crippen molar-refractivity contribution >= 4 is 23.3 Å². The Labute approximate surface area is 121 Å². The fourth-order valence-electron chi connectivity index (χ4n) is 1.50. The van der Waals surface area contributed by atoms with Crippen LogP contribution in [0.1, 0.15) is 10.4 Å². The van der Waals surface area contributed by atoms with Crippen LogP contribution in [0.3, 0.4) is 0 Å². The Morgan fingerprint density at radius 3 is 2.48 bits per heavy atom. The minimum Gasteiger partial charge on any atom is -0.421 e. The molecule has 2 rings (SSSR count). The van der Waals surface area contributed by atoms with Crippen molar-refractivity contribution in [3.05, 3.63) is 68.7 Å². The monoisotopic (exact) mass is 313 g/mol. The summed E-state index contributed by atoms with van der Waals surface area (Å²) >= 11 is 5.73. The maximum absolute atomic E-state index is 13.4. The molecule has 0 saturated heterocycles. The molecule has 0 N–H and O–H groups in total. The molecule has 0 spiro atoms. The number of nitrogens with zero attached hydrogens (tertiary/aromatic N) is 1. The van der Waals surface area contributed by atoms with Gasteiger partial charge in [0.25, 0.3) is 5.69 Å². The molecule has 0 saturated carbocycles. The van der Waals surface area contributed by atoms with Crippen LogP contribution in [0.15, 0.2) is 36.4 Å². The van der Waals surface area contributed by atoms with Gasteiger partial charge >= 0.3 is 5.97 Å². The summed E-state index contributed by atoms with van der Waals surface area (Å²) in [5.74, 6) is -3.19. The number of benzene rings is 2.